The van der Waals surface area contributed by atoms with Gasteiger partial charge in [-0.25, -0.2) is 4.98 Å². The molecule has 0 radical (unpaired) electrons. The molecule has 2 saturated heterocycles. The fourth-order valence-electron chi connectivity index (χ4n) is 8.04. The van der Waals surface area contributed by atoms with Gasteiger partial charge in [0.1, 0.15) is 0 Å². The van der Waals surface area contributed by atoms with Gasteiger partial charge < -0.3 is 14.7 Å². The van der Waals surface area contributed by atoms with Crippen LogP contribution in [0.15, 0.2) is 77.6 Å². The minimum Gasteiger partial charge on any atom is -0.343 e. The molecule has 0 spiro atoms. The second kappa shape index (κ2) is 16.0. The zero-order valence-corrected chi connectivity index (χ0v) is 33.6. The zero-order valence-electron chi connectivity index (χ0n) is 33.6. The van der Waals surface area contributed by atoms with Gasteiger partial charge in [0.05, 0.1) is 17.7 Å². The van der Waals surface area contributed by atoms with E-state index in [-0.39, 0.29) is 40.9 Å². The SMILES string of the molecule is Cc1cc(-c2[nH]nc3ncc(-c4ccc(C5CCN(CCc6ccc([C@H]7CCC(=O)NC7=O)cc6)CC5)nc4)cc23)ccc1C(C)NC(=O)c1noc(C(C)(C)C)n1. The van der Waals surface area contributed by atoms with Crippen LogP contribution in [0.2, 0.25) is 0 Å². The van der Waals surface area contributed by atoms with E-state index in [9.17, 15) is 14.4 Å². The van der Waals surface area contributed by atoms with Crippen molar-refractivity contribution in [1.82, 2.24) is 45.8 Å². The number of likely N-dealkylation sites (tertiary alicyclic amines) is 1. The van der Waals surface area contributed by atoms with Crippen molar-refractivity contribution in [3.8, 4) is 22.4 Å². The van der Waals surface area contributed by atoms with Crippen molar-refractivity contribution in [2.75, 3.05) is 19.6 Å². The van der Waals surface area contributed by atoms with E-state index in [4.69, 9.17) is 9.51 Å². The Bertz CT molecular complexity index is 2460. The normalized spacial score (nSPS) is 17.4. The molecule has 0 bridgehead atoms. The molecule has 2 atom stereocenters. The number of aromatic amines is 1. The standard InChI is InChI=1S/C45H49N9O4/c1-26-22-31(10-12-34(26)27(2)48-43(57)41-50-44(58-53-41)45(3,4)5)39-36-23-33(25-47-40(36)52-51-39)32-11-14-37(46-24-32)30-17-20-54(21-18-30)19-16-28-6-8-29(9-7-28)35-13-15-38(55)49-42(35)56/h6-12,14,22-25,27,30,35H,13,15-21H2,1-5H3,(H,48,57)(H,47,51,52)(H,49,55,56)/t27?,35-/m1/s1. The predicted molar refractivity (Wildman–Crippen MR) is 220 cm³/mol. The Kier molecular flexibility index (Phi) is 10.7. The van der Waals surface area contributed by atoms with Crippen LogP contribution in [0.5, 0.6) is 0 Å². The number of carbonyl (C=O) groups is 3. The number of hydrogen-bond donors (Lipinski definition) is 3. The van der Waals surface area contributed by atoms with Gasteiger partial charge in [-0.2, -0.15) is 10.1 Å². The molecule has 0 aliphatic carbocycles. The molecule has 0 saturated carbocycles. The molecule has 6 aromatic rings. The maximum absolute atomic E-state index is 12.9. The summed E-state index contributed by atoms with van der Waals surface area (Å²) in [5, 5.41) is 17.9. The molecule has 2 fully saturated rings. The van der Waals surface area contributed by atoms with E-state index in [1.54, 1.807) is 0 Å². The third kappa shape index (κ3) is 8.31. The molecular formula is C45H49N9O4. The van der Waals surface area contributed by atoms with Crippen LogP contribution in [-0.4, -0.2) is 72.6 Å². The molecule has 8 rings (SSSR count). The van der Waals surface area contributed by atoms with Crippen LogP contribution >= 0.6 is 0 Å². The Morgan fingerprint density at radius 2 is 1.71 bits per heavy atom. The summed E-state index contributed by atoms with van der Waals surface area (Å²) in [4.78, 5) is 53.1. The maximum Gasteiger partial charge on any atom is 0.293 e. The van der Waals surface area contributed by atoms with Gasteiger partial charge in [-0.15, -0.1) is 0 Å². The van der Waals surface area contributed by atoms with E-state index in [0.717, 1.165) is 89.1 Å². The number of nitrogens with zero attached hydrogens (tertiary/aromatic N) is 6. The van der Waals surface area contributed by atoms with Crippen LogP contribution in [-0.2, 0) is 21.4 Å². The number of benzene rings is 2. The van der Waals surface area contributed by atoms with Crippen molar-refractivity contribution in [2.24, 2.45) is 0 Å². The zero-order chi connectivity index (χ0) is 40.6. The van der Waals surface area contributed by atoms with Crippen molar-refractivity contribution < 1.29 is 18.9 Å². The molecule has 2 aliphatic heterocycles. The Balaban J connectivity index is 0.865. The fourth-order valence-corrected chi connectivity index (χ4v) is 8.04. The molecule has 2 aliphatic rings. The lowest BCUT2D eigenvalue weighted by Crippen LogP contribution is -2.39. The first kappa shape index (κ1) is 38.8. The number of pyridine rings is 2. The van der Waals surface area contributed by atoms with Crippen LogP contribution in [0.1, 0.15) is 116 Å². The number of amides is 3. The van der Waals surface area contributed by atoms with Gasteiger partial charge in [0, 0.05) is 64.5 Å². The van der Waals surface area contributed by atoms with Gasteiger partial charge in [-0.1, -0.05) is 68.4 Å². The summed E-state index contributed by atoms with van der Waals surface area (Å²) in [7, 11) is 0. The van der Waals surface area contributed by atoms with E-state index in [1.165, 1.54) is 5.56 Å². The average molecular weight is 780 g/mol. The van der Waals surface area contributed by atoms with Gasteiger partial charge in [0.15, 0.2) is 5.65 Å². The van der Waals surface area contributed by atoms with E-state index in [2.05, 4.69) is 77.3 Å². The highest BCUT2D eigenvalue weighted by Gasteiger charge is 2.28. The number of rotatable bonds is 10. The number of carbonyl (C=O) groups excluding carboxylic acids is 3. The van der Waals surface area contributed by atoms with Gasteiger partial charge in [0.2, 0.25) is 17.7 Å². The molecule has 298 valence electrons. The lowest BCUT2D eigenvalue weighted by Gasteiger charge is -2.31. The Morgan fingerprint density at radius 1 is 0.948 bits per heavy atom. The first-order valence-corrected chi connectivity index (χ1v) is 20.1. The minimum absolute atomic E-state index is 0.0196. The van der Waals surface area contributed by atoms with Gasteiger partial charge in [-0.3, -0.25) is 29.8 Å². The Hall–Kier alpha value is -6.08. The van der Waals surface area contributed by atoms with Gasteiger partial charge in [0.25, 0.3) is 11.7 Å². The first-order chi connectivity index (χ1) is 27.9. The highest BCUT2D eigenvalue weighted by Crippen LogP contribution is 2.33. The molecule has 6 heterocycles. The number of fused-ring (bicyclic) bond motifs is 1. The topological polar surface area (TPSA) is 172 Å². The van der Waals surface area contributed by atoms with Crippen LogP contribution < -0.4 is 10.6 Å². The molecular weight excluding hydrogens is 731 g/mol. The fraction of sp³-hybridized carbons (Fsp3) is 0.378. The van der Waals surface area contributed by atoms with E-state index in [0.29, 0.717) is 30.3 Å². The van der Waals surface area contributed by atoms with Crippen LogP contribution in [0.3, 0.4) is 0 Å². The smallest absolute Gasteiger partial charge is 0.293 e. The molecule has 3 N–H and O–H groups in total. The van der Waals surface area contributed by atoms with E-state index >= 15 is 0 Å². The molecule has 2 aromatic carbocycles. The second-order valence-corrected chi connectivity index (χ2v) is 16.7. The molecule has 58 heavy (non-hydrogen) atoms. The lowest BCUT2D eigenvalue weighted by atomic mass is 9.90. The van der Waals surface area contributed by atoms with Gasteiger partial charge in [-0.05, 0) is 93.1 Å². The van der Waals surface area contributed by atoms with E-state index < -0.39 is 0 Å². The minimum atomic E-state index is -0.387. The molecule has 4 aromatic heterocycles. The average Bonchev–Trinajstić information content (AvgIpc) is 3.89. The molecule has 1 unspecified atom stereocenters. The third-order valence-corrected chi connectivity index (χ3v) is 11.5. The summed E-state index contributed by atoms with van der Waals surface area (Å²) in [6.07, 6.45) is 7.84. The molecule has 3 amide bonds. The van der Waals surface area contributed by atoms with Crippen molar-refractivity contribution >= 4 is 28.8 Å². The van der Waals surface area contributed by atoms with Crippen LogP contribution in [0.4, 0.5) is 0 Å². The van der Waals surface area contributed by atoms with Crippen molar-refractivity contribution in [3.63, 3.8) is 0 Å². The van der Waals surface area contributed by atoms with Crippen LogP contribution in [0.25, 0.3) is 33.4 Å². The Labute approximate surface area is 337 Å². The lowest BCUT2D eigenvalue weighted by molar-refractivity contribution is -0.134. The number of imide groups is 1. The summed E-state index contributed by atoms with van der Waals surface area (Å²) in [5.74, 6) is -0.155. The summed E-state index contributed by atoms with van der Waals surface area (Å²) in [6.45, 7) is 12.9. The molecule has 13 heteroatoms. The third-order valence-electron chi connectivity index (χ3n) is 11.5. The summed E-state index contributed by atoms with van der Waals surface area (Å²) in [6, 6.07) is 20.6. The van der Waals surface area contributed by atoms with E-state index in [1.807, 2.05) is 71.3 Å². The number of nitrogens with one attached hydrogen (secondary N) is 3. The van der Waals surface area contributed by atoms with Gasteiger partial charge >= 0.3 is 0 Å². The van der Waals surface area contributed by atoms with Crippen LogP contribution in [0, 0.1) is 6.92 Å². The monoisotopic (exact) mass is 779 g/mol. The number of aromatic nitrogens is 6. The maximum atomic E-state index is 12.9. The summed E-state index contributed by atoms with van der Waals surface area (Å²) < 4.78 is 5.31. The number of aryl methyl sites for hydroxylation is 1. The number of hydrogen-bond acceptors (Lipinski definition) is 10. The highest BCUT2D eigenvalue weighted by molar-refractivity contribution is 6.01. The van der Waals surface area contributed by atoms with Crippen molar-refractivity contribution in [1.29, 1.82) is 0 Å². The summed E-state index contributed by atoms with van der Waals surface area (Å²) >= 11 is 0. The van der Waals surface area contributed by atoms with Crippen molar-refractivity contribution in [2.45, 2.75) is 90.0 Å². The number of piperidine rings is 2. The second-order valence-electron chi connectivity index (χ2n) is 16.7. The quantitative estimate of drug-likeness (QED) is 0.122. The highest BCUT2D eigenvalue weighted by atomic mass is 16.5. The number of H-pyrrole nitrogens is 1. The largest absolute Gasteiger partial charge is 0.343 e. The first-order valence-electron chi connectivity index (χ1n) is 20.1. The summed E-state index contributed by atoms with van der Waals surface area (Å²) in [5.41, 5.74) is 9.44. The van der Waals surface area contributed by atoms with Crippen molar-refractivity contribution in [3.05, 3.63) is 113 Å². The Morgan fingerprint density at radius 3 is 2.40 bits per heavy atom. The molecule has 13 nitrogen and oxygen atoms in total. The predicted octanol–water partition coefficient (Wildman–Crippen LogP) is 7.11.